The standard InChI is InChI=1S/C23H20N2O3/c1-27-22-12-17-16-7-3-5-9-20(16)28-21(17)13-18(22)24-23(26)14-25-11-10-15-6-2-4-8-19(15)25/h2-9,12-13H,10-11,14H2,1H3,(H,24,26). The highest BCUT2D eigenvalue weighted by Gasteiger charge is 2.21. The first-order chi connectivity index (χ1) is 13.7. The molecule has 0 radical (unpaired) electrons. The van der Waals surface area contributed by atoms with Gasteiger partial charge >= 0.3 is 0 Å². The number of hydrogen-bond acceptors (Lipinski definition) is 4. The lowest BCUT2D eigenvalue weighted by Gasteiger charge is -2.19. The molecule has 0 aliphatic carbocycles. The Hall–Kier alpha value is -3.47. The summed E-state index contributed by atoms with van der Waals surface area (Å²) in [5.74, 6) is 0.541. The van der Waals surface area contributed by atoms with Gasteiger partial charge in [0, 0.05) is 29.1 Å². The molecule has 1 amide bonds. The average molecular weight is 372 g/mol. The molecule has 140 valence electrons. The van der Waals surface area contributed by atoms with Crippen molar-refractivity contribution in [2.24, 2.45) is 0 Å². The van der Waals surface area contributed by atoms with Crippen molar-refractivity contribution in [1.29, 1.82) is 0 Å². The number of ether oxygens (including phenoxy) is 1. The van der Waals surface area contributed by atoms with Gasteiger partial charge in [0.05, 0.1) is 19.3 Å². The second-order valence-electron chi connectivity index (χ2n) is 7.00. The molecule has 0 saturated carbocycles. The normalized spacial score (nSPS) is 13.1. The summed E-state index contributed by atoms with van der Waals surface area (Å²) < 4.78 is 11.5. The van der Waals surface area contributed by atoms with E-state index in [2.05, 4.69) is 22.3 Å². The van der Waals surface area contributed by atoms with Crippen LogP contribution in [0.1, 0.15) is 5.56 Å². The summed E-state index contributed by atoms with van der Waals surface area (Å²) >= 11 is 0. The Kier molecular flexibility index (Phi) is 3.93. The topological polar surface area (TPSA) is 54.7 Å². The van der Waals surface area contributed by atoms with E-state index in [4.69, 9.17) is 9.15 Å². The summed E-state index contributed by atoms with van der Waals surface area (Å²) in [7, 11) is 1.61. The SMILES string of the molecule is COc1cc2c(cc1NC(=O)CN1CCc3ccccc31)oc1ccccc12. The number of benzene rings is 3. The Bertz CT molecular complexity index is 1200. The van der Waals surface area contributed by atoms with Gasteiger partial charge in [0.15, 0.2) is 0 Å². The molecule has 5 rings (SSSR count). The number of carbonyl (C=O) groups is 1. The number of nitrogens with zero attached hydrogens (tertiary/aromatic N) is 1. The molecule has 2 heterocycles. The third-order valence-corrected chi connectivity index (χ3v) is 5.29. The van der Waals surface area contributed by atoms with Crippen molar-refractivity contribution in [2.75, 3.05) is 30.4 Å². The molecule has 1 N–H and O–H groups in total. The molecule has 3 aromatic carbocycles. The summed E-state index contributed by atoms with van der Waals surface area (Å²) in [6.45, 7) is 1.16. The number of fused-ring (bicyclic) bond motifs is 4. The van der Waals surface area contributed by atoms with Gasteiger partial charge in [0.25, 0.3) is 0 Å². The van der Waals surface area contributed by atoms with Gasteiger partial charge in [-0.3, -0.25) is 4.79 Å². The molecule has 0 saturated heterocycles. The second-order valence-corrected chi connectivity index (χ2v) is 7.00. The number of furan rings is 1. The zero-order valence-electron chi connectivity index (χ0n) is 15.6. The third kappa shape index (κ3) is 2.76. The van der Waals surface area contributed by atoms with Crippen molar-refractivity contribution >= 4 is 39.2 Å². The van der Waals surface area contributed by atoms with Gasteiger partial charge in [0.2, 0.25) is 5.91 Å². The monoisotopic (exact) mass is 372 g/mol. The van der Waals surface area contributed by atoms with Crippen LogP contribution in [0.5, 0.6) is 5.75 Å². The van der Waals surface area contributed by atoms with Gasteiger partial charge in [0.1, 0.15) is 16.9 Å². The fraction of sp³-hybridized carbons (Fsp3) is 0.174. The molecule has 0 bridgehead atoms. The van der Waals surface area contributed by atoms with E-state index in [9.17, 15) is 4.79 Å². The van der Waals surface area contributed by atoms with Crippen LogP contribution in [0.4, 0.5) is 11.4 Å². The van der Waals surface area contributed by atoms with Gasteiger partial charge in [-0.1, -0.05) is 36.4 Å². The summed E-state index contributed by atoms with van der Waals surface area (Å²) in [4.78, 5) is 14.8. The van der Waals surface area contributed by atoms with Crippen LogP contribution in [-0.2, 0) is 11.2 Å². The predicted molar refractivity (Wildman–Crippen MR) is 111 cm³/mol. The molecule has 1 aliphatic heterocycles. The number of amides is 1. The van der Waals surface area contributed by atoms with Crippen molar-refractivity contribution < 1.29 is 13.9 Å². The summed E-state index contributed by atoms with van der Waals surface area (Å²) in [6, 6.07) is 19.9. The van der Waals surface area contributed by atoms with Gasteiger partial charge < -0.3 is 19.4 Å². The Morgan fingerprint density at radius 3 is 2.79 bits per heavy atom. The molecular weight excluding hydrogens is 352 g/mol. The maximum absolute atomic E-state index is 12.7. The second kappa shape index (κ2) is 6.60. The molecule has 1 aliphatic rings. The van der Waals surface area contributed by atoms with Gasteiger partial charge in [-0.15, -0.1) is 0 Å². The molecule has 5 nitrogen and oxygen atoms in total. The molecule has 5 heteroatoms. The van der Waals surface area contributed by atoms with Crippen LogP contribution in [0, 0.1) is 0 Å². The van der Waals surface area contributed by atoms with Crippen molar-refractivity contribution in [2.45, 2.75) is 6.42 Å². The maximum Gasteiger partial charge on any atom is 0.243 e. The lowest BCUT2D eigenvalue weighted by molar-refractivity contribution is -0.115. The molecule has 0 fully saturated rings. The Morgan fingerprint density at radius 2 is 1.89 bits per heavy atom. The summed E-state index contributed by atoms with van der Waals surface area (Å²) in [5.41, 5.74) is 4.58. The van der Waals surface area contributed by atoms with Crippen LogP contribution >= 0.6 is 0 Å². The van der Waals surface area contributed by atoms with Gasteiger partial charge in [-0.25, -0.2) is 0 Å². The first kappa shape index (κ1) is 16.7. The van der Waals surface area contributed by atoms with Crippen molar-refractivity contribution in [3.05, 3.63) is 66.2 Å². The lowest BCUT2D eigenvalue weighted by Crippen LogP contribution is -2.31. The number of nitrogens with one attached hydrogen (secondary N) is 1. The van der Waals surface area contributed by atoms with E-state index >= 15 is 0 Å². The number of rotatable bonds is 4. The van der Waals surface area contributed by atoms with E-state index in [1.807, 2.05) is 48.5 Å². The Labute approximate surface area is 162 Å². The van der Waals surface area contributed by atoms with Gasteiger partial charge in [-0.2, -0.15) is 0 Å². The van der Waals surface area contributed by atoms with E-state index < -0.39 is 0 Å². The largest absolute Gasteiger partial charge is 0.495 e. The molecule has 28 heavy (non-hydrogen) atoms. The Morgan fingerprint density at radius 1 is 1.07 bits per heavy atom. The number of methoxy groups -OCH3 is 1. The minimum absolute atomic E-state index is 0.0783. The molecule has 0 unspecified atom stereocenters. The van der Waals surface area contributed by atoms with Crippen LogP contribution < -0.4 is 15.0 Å². The first-order valence-corrected chi connectivity index (χ1v) is 9.35. The predicted octanol–water partition coefficient (Wildman–Crippen LogP) is 4.60. The van der Waals surface area contributed by atoms with Gasteiger partial charge in [-0.05, 0) is 30.2 Å². The maximum atomic E-state index is 12.7. The van der Waals surface area contributed by atoms with E-state index in [0.717, 1.165) is 40.6 Å². The third-order valence-electron chi connectivity index (χ3n) is 5.29. The fourth-order valence-corrected chi connectivity index (χ4v) is 3.95. The molecule has 1 aromatic heterocycles. The molecule has 0 atom stereocenters. The van der Waals surface area contributed by atoms with Crippen LogP contribution in [0.3, 0.4) is 0 Å². The lowest BCUT2D eigenvalue weighted by atomic mass is 10.1. The van der Waals surface area contributed by atoms with E-state index in [-0.39, 0.29) is 5.91 Å². The number of carbonyl (C=O) groups excluding carboxylic acids is 1. The van der Waals surface area contributed by atoms with Crippen LogP contribution in [0.25, 0.3) is 21.9 Å². The van der Waals surface area contributed by atoms with Crippen molar-refractivity contribution in [1.82, 2.24) is 0 Å². The molecule has 0 spiro atoms. The van der Waals surface area contributed by atoms with E-state index in [1.165, 1.54) is 5.56 Å². The minimum Gasteiger partial charge on any atom is -0.495 e. The van der Waals surface area contributed by atoms with Crippen LogP contribution in [-0.4, -0.2) is 26.1 Å². The average Bonchev–Trinajstić information content (AvgIpc) is 3.28. The quantitative estimate of drug-likeness (QED) is 0.569. The first-order valence-electron chi connectivity index (χ1n) is 9.35. The molecular formula is C23H20N2O3. The zero-order chi connectivity index (χ0) is 19.1. The minimum atomic E-state index is -0.0783. The Balaban J connectivity index is 1.43. The molecule has 4 aromatic rings. The summed E-state index contributed by atoms with van der Waals surface area (Å²) in [5, 5.41) is 4.99. The highest BCUT2D eigenvalue weighted by molar-refractivity contribution is 6.08. The van der Waals surface area contributed by atoms with E-state index in [1.54, 1.807) is 7.11 Å². The smallest absolute Gasteiger partial charge is 0.243 e. The van der Waals surface area contributed by atoms with Crippen molar-refractivity contribution in [3.63, 3.8) is 0 Å². The van der Waals surface area contributed by atoms with E-state index in [0.29, 0.717) is 18.0 Å². The zero-order valence-corrected chi connectivity index (χ0v) is 15.6. The fourth-order valence-electron chi connectivity index (χ4n) is 3.95. The van der Waals surface area contributed by atoms with Crippen LogP contribution in [0.15, 0.2) is 65.1 Å². The number of anilines is 2. The summed E-state index contributed by atoms with van der Waals surface area (Å²) in [6.07, 6.45) is 0.970. The van der Waals surface area contributed by atoms with Crippen molar-refractivity contribution in [3.8, 4) is 5.75 Å². The highest BCUT2D eigenvalue weighted by Crippen LogP contribution is 2.36. The number of hydrogen-bond donors (Lipinski definition) is 1. The highest BCUT2D eigenvalue weighted by atomic mass is 16.5. The van der Waals surface area contributed by atoms with Crippen LogP contribution in [0.2, 0.25) is 0 Å². The number of para-hydroxylation sites is 2.